The van der Waals surface area contributed by atoms with Crippen LogP contribution in [0.25, 0.3) is 0 Å². The zero-order chi connectivity index (χ0) is 22.8. The van der Waals surface area contributed by atoms with Crippen molar-refractivity contribution in [3.63, 3.8) is 0 Å². The molecule has 0 radical (unpaired) electrons. The molecule has 2 aliphatic rings. The van der Waals surface area contributed by atoms with Gasteiger partial charge in [-0.1, -0.05) is 18.9 Å². The van der Waals surface area contributed by atoms with E-state index in [0.29, 0.717) is 12.8 Å². The Morgan fingerprint density at radius 1 is 1.39 bits per heavy atom. The number of amides is 4. The quantitative estimate of drug-likeness (QED) is 0.713. The maximum absolute atomic E-state index is 14.3. The highest BCUT2D eigenvalue weighted by Gasteiger charge is 2.56. The summed E-state index contributed by atoms with van der Waals surface area (Å²) in [7, 11) is 0. The summed E-state index contributed by atoms with van der Waals surface area (Å²) < 4.78 is 19.6. The number of imide groups is 1. The second kappa shape index (κ2) is 8.53. The number of hydrogen-bond acceptors (Lipinski definition) is 5. The molecule has 2 fully saturated rings. The Morgan fingerprint density at radius 3 is 2.77 bits per heavy atom. The van der Waals surface area contributed by atoms with E-state index >= 15 is 0 Å². The molecule has 1 aliphatic carbocycles. The van der Waals surface area contributed by atoms with Crippen molar-refractivity contribution in [1.29, 1.82) is 5.26 Å². The van der Waals surface area contributed by atoms with Crippen LogP contribution in [0.3, 0.4) is 0 Å². The number of urea groups is 1. The number of nitrogens with zero attached hydrogens (tertiary/aromatic N) is 2. The van der Waals surface area contributed by atoms with E-state index in [1.54, 1.807) is 20.8 Å². The highest BCUT2D eigenvalue weighted by molar-refractivity contribution is 6.07. The molecule has 1 spiro atoms. The number of benzene rings is 1. The molecule has 2 N–H and O–H groups in total. The Balaban J connectivity index is 1.75. The smallest absolute Gasteiger partial charge is 0.407 e. The molecule has 4 amide bonds. The molecule has 166 valence electrons. The third-order valence-corrected chi connectivity index (χ3v) is 5.67. The van der Waals surface area contributed by atoms with Gasteiger partial charge >= 0.3 is 12.1 Å². The van der Waals surface area contributed by atoms with Crippen LogP contribution in [-0.2, 0) is 16.1 Å². The molecule has 3 rings (SSSR count). The normalized spacial score (nSPS) is 23.5. The first kappa shape index (κ1) is 22.5. The summed E-state index contributed by atoms with van der Waals surface area (Å²) in [6.07, 6.45) is 2.15. The number of ether oxygens (including phenoxy) is 1. The Bertz CT molecular complexity index is 936. The van der Waals surface area contributed by atoms with Gasteiger partial charge in [0.1, 0.15) is 17.0 Å². The van der Waals surface area contributed by atoms with Crippen LogP contribution in [0.1, 0.15) is 57.6 Å². The van der Waals surface area contributed by atoms with E-state index in [-0.39, 0.29) is 30.1 Å². The first-order valence-electron chi connectivity index (χ1n) is 10.4. The lowest BCUT2D eigenvalue weighted by molar-refractivity contribution is -0.135. The number of alkyl carbamates (subject to hydrolysis) is 1. The summed E-state index contributed by atoms with van der Waals surface area (Å²) in [6, 6.07) is 5.20. The van der Waals surface area contributed by atoms with Gasteiger partial charge in [-0.15, -0.1) is 0 Å². The van der Waals surface area contributed by atoms with Crippen molar-refractivity contribution in [2.24, 2.45) is 5.92 Å². The second-order valence-corrected chi connectivity index (χ2v) is 9.04. The van der Waals surface area contributed by atoms with Crippen molar-refractivity contribution in [1.82, 2.24) is 15.5 Å². The van der Waals surface area contributed by atoms with E-state index in [2.05, 4.69) is 10.6 Å². The average Bonchev–Trinajstić information content (AvgIpc) is 2.92. The minimum Gasteiger partial charge on any atom is -0.444 e. The van der Waals surface area contributed by atoms with Gasteiger partial charge in [0, 0.05) is 18.0 Å². The van der Waals surface area contributed by atoms with Crippen LogP contribution in [0.4, 0.5) is 14.0 Å². The first-order valence-corrected chi connectivity index (χ1v) is 10.4. The van der Waals surface area contributed by atoms with Gasteiger partial charge in [-0.05, 0) is 45.7 Å². The first-order chi connectivity index (χ1) is 14.6. The molecule has 2 atom stereocenters. The Morgan fingerprint density at radius 2 is 2.13 bits per heavy atom. The van der Waals surface area contributed by atoms with Gasteiger partial charge in [-0.3, -0.25) is 9.69 Å². The predicted octanol–water partition coefficient (Wildman–Crippen LogP) is 3.20. The molecule has 0 unspecified atom stereocenters. The fraction of sp³-hybridized carbons (Fsp3) is 0.545. The van der Waals surface area contributed by atoms with Crippen molar-refractivity contribution in [2.75, 3.05) is 6.54 Å². The Kier molecular flexibility index (Phi) is 6.20. The molecular formula is C22H27FN4O4. The monoisotopic (exact) mass is 430 g/mol. The average molecular weight is 430 g/mol. The molecule has 0 bridgehead atoms. The maximum atomic E-state index is 14.3. The fourth-order valence-electron chi connectivity index (χ4n) is 4.19. The van der Waals surface area contributed by atoms with Crippen LogP contribution in [0.5, 0.6) is 0 Å². The van der Waals surface area contributed by atoms with E-state index in [0.717, 1.165) is 23.8 Å². The topological polar surface area (TPSA) is 112 Å². The molecule has 1 saturated carbocycles. The van der Waals surface area contributed by atoms with Gasteiger partial charge in [-0.2, -0.15) is 5.26 Å². The lowest BCUT2D eigenvalue weighted by Gasteiger charge is -2.39. The summed E-state index contributed by atoms with van der Waals surface area (Å²) in [6.45, 7) is 5.23. The third kappa shape index (κ3) is 4.79. The largest absolute Gasteiger partial charge is 0.444 e. The fourth-order valence-corrected chi connectivity index (χ4v) is 4.19. The minimum absolute atomic E-state index is 0.152. The van der Waals surface area contributed by atoms with E-state index < -0.39 is 35.0 Å². The molecule has 1 aromatic rings. The van der Waals surface area contributed by atoms with Crippen LogP contribution in [0.15, 0.2) is 18.2 Å². The number of nitrogens with one attached hydrogen (secondary N) is 2. The number of carbonyl (C=O) groups is 3. The molecule has 1 aromatic carbocycles. The molecule has 9 heteroatoms. The lowest BCUT2D eigenvalue weighted by Crippen LogP contribution is -2.57. The van der Waals surface area contributed by atoms with E-state index in [1.165, 1.54) is 12.1 Å². The summed E-state index contributed by atoms with van der Waals surface area (Å²) in [5.74, 6) is -1.37. The van der Waals surface area contributed by atoms with Crippen LogP contribution in [0.2, 0.25) is 0 Å². The van der Waals surface area contributed by atoms with Gasteiger partial charge in [0.2, 0.25) is 0 Å². The van der Waals surface area contributed by atoms with Gasteiger partial charge in [0.25, 0.3) is 5.91 Å². The molecule has 1 heterocycles. The molecule has 31 heavy (non-hydrogen) atoms. The summed E-state index contributed by atoms with van der Waals surface area (Å²) in [4.78, 5) is 39.1. The highest BCUT2D eigenvalue weighted by Crippen LogP contribution is 2.39. The van der Waals surface area contributed by atoms with Gasteiger partial charge in [0.05, 0.1) is 18.2 Å². The molecule has 1 saturated heterocycles. The summed E-state index contributed by atoms with van der Waals surface area (Å²) in [5.41, 5.74) is -1.46. The Labute approximate surface area is 180 Å². The predicted molar refractivity (Wildman–Crippen MR) is 109 cm³/mol. The Hall–Kier alpha value is -3.15. The highest BCUT2D eigenvalue weighted by atomic mass is 19.1. The van der Waals surface area contributed by atoms with Crippen LogP contribution >= 0.6 is 0 Å². The van der Waals surface area contributed by atoms with Crippen LogP contribution in [0, 0.1) is 23.1 Å². The minimum atomic E-state index is -1.13. The van der Waals surface area contributed by atoms with E-state index in [1.807, 2.05) is 6.07 Å². The number of carbonyl (C=O) groups excluding carboxylic acids is 3. The van der Waals surface area contributed by atoms with Crippen molar-refractivity contribution < 1.29 is 23.5 Å². The molecule has 8 nitrogen and oxygen atoms in total. The molecule has 0 aromatic heterocycles. The van der Waals surface area contributed by atoms with Crippen molar-refractivity contribution in [3.05, 3.63) is 35.1 Å². The molecule has 1 aliphatic heterocycles. The maximum Gasteiger partial charge on any atom is 0.407 e. The third-order valence-electron chi connectivity index (χ3n) is 5.67. The number of nitriles is 1. The SMILES string of the molecule is CC(C)(C)OC(=O)NC[C@H]1CCCC[C@@]12NC(=O)N(Cc1ccc(C#N)cc1F)C2=O. The van der Waals surface area contributed by atoms with Crippen molar-refractivity contribution in [3.8, 4) is 6.07 Å². The van der Waals surface area contributed by atoms with E-state index in [9.17, 15) is 18.8 Å². The van der Waals surface area contributed by atoms with Crippen LogP contribution in [-0.4, -0.2) is 40.6 Å². The lowest BCUT2D eigenvalue weighted by atomic mass is 9.72. The number of halogens is 1. The van der Waals surface area contributed by atoms with Gasteiger partial charge in [0.15, 0.2) is 0 Å². The van der Waals surface area contributed by atoms with Crippen molar-refractivity contribution in [2.45, 2.75) is 64.1 Å². The second-order valence-electron chi connectivity index (χ2n) is 9.04. The standard InChI is InChI=1S/C22H27FN4O4/c1-21(2,3)31-20(30)25-12-16-6-4-5-9-22(16)18(28)27(19(29)26-22)13-15-8-7-14(11-24)10-17(15)23/h7-8,10,16H,4-6,9,12-13H2,1-3H3,(H,25,30)(H,26,29)/t16-,22-/m1/s1. The van der Waals surface area contributed by atoms with Gasteiger partial charge < -0.3 is 15.4 Å². The molecular weight excluding hydrogens is 403 g/mol. The number of hydrogen-bond donors (Lipinski definition) is 2. The summed E-state index contributed by atoms with van der Waals surface area (Å²) >= 11 is 0. The number of rotatable bonds is 4. The zero-order valence-corrected chi connectivity index (χ0v) is 18.0. The van der Waals surface area contributed by atoms with Crippen molar-refractivity contribution >= 4 is 18.0 Å². The zero-order valence-electron chi connectivity index (χ0n) is 18.0. The van der Waals surface area contributed by atoms with E-state index in [4.69, 9.17) is 10.00 Å². The van der Waals surface area contributed by atoms with Crippen LogP contribution < -0.4 is 10.6 Å². The summed E-state index contributed by atoms with van der Waals surface area (Å²) in [5, 5.41) is 14.4. The van der Waals surface area contributed by atoms with Gasteiger partial charge in [-0.25, -0.2) is 14.0 Å².